The van der Waals surface area contributed by atoms with Crippen molar-refractivity contribution in [2.75, 3.05) is 0 Å². The third kappa shape index (κ3) is 3.23. The van der Waals surface area contributed by atoms with Crippen LogP contribution in [0.1, 0.15) is 16.5 Å². The van der Waals surface area contributed by atoms with Gasteiger partial charge < -0.3 is 0 Å². The first-order valence-electron chi connectivity index (χ1n) is 6.56. The summed E-state index contributed by atoms with van der Waals surface area (Å²) < 4.78 is 1.26. The van der Waals surface area contributed by atoms with Crippen LogP contribution in [-0.2, 0) is 6.42 Å². The van der Waals surface area contributed by atoms with Crippen molar-refractivity contribution in [3.05, 3.63) is 69.0 Å². The first-order chi connectivity index (χ1) is 10.2. The second-order valence-corrected chi connectivity index (χ2v) is 6.80. The Morgan fingerprint density at radius 2 is 1.90 bits per heavy atom. The Kier molecular flexibility index (Phi) is 4.48. The molecule has 0 fully saturated rings. The van der Waals surface area contributed by atoms with Crippen LogP contribution in [0, 0.1) is 0 Å². The molecule has 2 aromatic carbocycles. The number of fused-ring (bicyclic) bond motifs is 1. The van der Waals surface area contributed by atoms with Crippen LogP contribution in [0.3, 0.4) is 0 Å². The van der Waals surface area contributed by atoms with E-state index in [1.807, 2.05) is 24.3 Å². The fourth-order valence-corrected chi connectivity index (χ4v) is 3.93. The molecule has 0 amide bonds. The van der Waals surface area contributed by atoms with Crippen LogP contribution >= 0.6 is 34.5 Å². The topological polar surface area (TPSA) is 38.0 Å². The summed E-state index contributed by atoms with van der Waals surface area (Å²) in [7, 11) is 0. The average molecular weight is 337 g/mol. The summed E-state index contributed by atoms with van der Waals surface area (Å²) in [6, 6.07) is 16.1. The number of hydrogen-bond acceptors (Lipinski definition) is 3. The van der Waals surface area contributed by atoms with Gasteiger partial charge in [0, 0.05) is 19.6 Å². The maximum Gasteiger partial charge on any atom is 0.0594 e. The van der Waals surface area contributed by atoms with Gasteiger partial charge in [0.15, 0.2) is 0 Å². The Hall–Kier alpha value is -1.10. The molecule has 0 aliphatic carbocycles. The van der Waals surface area contributed by atoms with Crippen molar-refractivity contribution in [3.8, 4) is 0 Å². The molecule has 1 atom stereocenters. The lowest BCUT2D eigenvalue weighted by molar-refractivity contribution is 0.561. The molecule has 1 unspecified atom stereocenters. The Morgan fingerprint density at radius 3 is 2.62 bits per heavy atom. The van der Waals surface area contributed by atoms with Gasteiger partial charge in [0.05, 0.1) is 6.04 Å². The fourth-order valence-electron chi connectivity index (χ4n) is 2.32. The molecule has 108 valence electrons. The Morgan fingerprint density at radius 1 is 1.10 bits per heavy atom. The number of nitrogens with one attached hydrogen (secondary N) is 1. The second kappa shape index (κ2) is 6.34. The van der Waals surface area contributed by atoms with E-state index in [4.69, 9.17) is 29.0 Å². The van der Waals surface area contributed by atoms with E-state index in [9.17, 15) is 0 Å². The SMILES string of the molecule is NNC(Cc1ccc(Cl)cc1Cl)c1cc2ccccc2s1. The Labute approximate surface area is 137 Å². The molecule has 0 bridgehead atoms. The smallest absolute Gasteiger partial charge is 0.0594 e. The van der Waals surface area contributed by atoms with E-state index in [0.717, 1.165) is 12.0 Å². The summed E-state index contributed by atoms with van der Waals surface area (Å²) in [6.07, 6.45) is 0.722. The molecule has 1 aromatic heterocycles. The highest BCUT2D eigenvalue weighted by Gasteiger charge is 2.15. The van der Waals surface area contributed by atoms with E-state index in [1.165, 1.54) is 15.0 Å². The fraction of sp³-hybridized carbons (Fsp3) is 0.125. The van der Waals surface area contributed by atoms with Crippen molar-refractivity contribution >= 4 is 44.6 Å². The lowest BCUT2D eigenvalue weighted by Gasteiger charge is -2.15. The predicted octanol–water partition coefficient (Wildman–Crippen LogP) is 4.96. The Bertz CT molecular complexity index is 737. The van der Waals surface area contributed by atoms with E-state index in [0.29, 0.717) is 10.0 Å². The van der Waals surface area contributed by atoms with Gasteiger partial charge in [0.25, 0.3) is 0 Å². The van der Waals surface area contributed by atoms with Crippen molar-refractivity contribution in [2.24, 2.45) is 5.84 Å². The van der Waals surface area contributed by atoms with Crippen molar-refractivity contribution in [1.29, 1.82) is 0 Å². The molecule has 0 saturated carbocycles. The minimum atomic E-state index is 0.0288. The average Bonchev–Trinajstić information content (AvgIpc) is 2.90. The van der Waals surface area contributed by atoms with Gasteiger partial charge in [-0.15, -0.1) is 11.3 Å². The van der Waals surface area contributed by atoms with Crippen molar-refractivity contribution in [3.63, 3.8) is 0 Å². The van der Waals surface area contributed by atoms with Crippen molar-refractivity contribution < 1.29 is 0 Å². The molecule has 0 aliphatic rings. The summed E-state index contributed by atoms with van der Waals surface area (Å²) in [5.41, 5.74) is 3.92. The highest BCUT2D eigenvalue weighted by molar-refractivity contribution is 7.19. The number of hydrogen-bond donors (Lipinski definition) is 2. The van der Waals surface area contributed by atoms with Gasteiger partial charge in [-0.05, 0) is 41.6 Å². The molecule has 3 N–H and O–H groups in total. The molecule has 0 radical (unpaired) electrons. The molecule has 1 heterocycles. The lowest BCUT2D eigenvalue weighted by Crippen LogP contribution is -2.29. The zero-order valence-corrected chi connectivity index (χ0v) is 13.5. The minimum Gasteiger partial charge on any atom is -0.271 e. The van der Waals surface area contributed by atoms with Crippen LogP contribution in [-0.4, -0.2) is 0 Å². The zero-order valence-electron chi connectivity index (χ0n) is 11.1. The standard InChI is InChI=1S/C16H14Cl2N2S/c17-12-6-5-10(13(18)9-12)7-14(20-19)16-8-11-3-1-2-4-15(11)21-16/h1-6,8-9,14,20H,7,19H2. The minimum absolute atomic E-state index is 0.0288. The van der Waals surface area contributed by atoms with E-state index < -0.39 is 0 Å². The van der Waals surface area contributed by atoms with E-state index in [1.54, 1.807) is 17.4 Å². The molecule has 0 aliphatic heterocycles. The van der Waals surface area contributed by atoms with Crippen molar-refractivity contribution in [1.82, 2.24) is 5.43 Å². The number of thiophene rings is 1. The normalized spacial score (nSPS) is 12.7. The van der Waals surface area contributed by atoms with Gasteiger partial charge in [-0.25, -0.2) is 0 Å². The summed E-state index contributed by atoms with van der Waals surface area (Å²) >= 11 is 13.9. The number of hydrazine groups is 1. The third-order valence-corrected chi connectivity index (χ3v) is 5.25. The molecule has 5 heteroatoms. The largest absolute Gasteiger partial charge is 0.271 e. The number of rotatable bonds is 4. The van der Waals surface area contributed by atoms with Gasteiger partial charge in [-0.3, -0.25) is 11.3 Å². The first-order valence-corrected chi connectivity index (χ1v) is 8.13. The van der Waals surface area contributed by atoms with Gasteiger partial charge >= 0.3 is 0 Å². The molecule has 0 spiro atoms. The maximum atomic E-state index is 6.25. The highest BCUT2D eigenvalue weighted by atomic mass is 35.5. The molecule has 2 nitrogen and oxygen atoms in total. The number of halogens is 2. The van der Waals surface area contributed by atoms with E-state index in [2.05, 4.69) is 23.6 Å². The third-order valence-electron chi connectivity index (χ3n) is 3.43. The first kappa shape index (κ1) is 14.8. The monoisotopic (exact) mass is 336 g/mol. The zero-order chi connectivity index (χ0) is 14.8. The summed E-state index contributed by atoms with van der Waals surface area (Å²) in [6.45, 7) is 0. The second-order valence-electron chi connectivity index (χ2n) is 4.85. The van der Waals surface area contributed by atoms with Gasteiger partial charge in [-0.1, -0.05) is 47.5 Å². The van der Waals surface area contributed by atoms with Crippen LogP contribution in [0.25, 0.3) is 10.1 Å². The van der Waals surface area contributed by atoms with Gasteiger partial charge in [0.1, 0.15) is 0 Å². The molecule has 0 saturated heterocycles. The van der Waals surface area contributed by atoms with Crippen LogP contribution < -0.4 is 11.3 Å². The van der Waals surface area contributed by atoms with E-state index >= 15 is 0 Å². The lowest BCUT2D eigenvalue weighted by atomic mass is 10.0. The maximum absolute atomic E-state index is 6.25. The van der Waals surface area contributed by atoms with Crippen molar-refractivity contribution in [2.45, 2.75) is 12.5 Å². The number of benzene rings is 2. The molecular formula is C16H14Cl2N2S. The van der Waals surface area contributed by atoms with Crippen LogP contribution in [0.5, 0.6) is 0 Å². The quantitative estimate of drug-likeness (QED) is 0.522. The predicted molar refractivity (Wildman–Crippen MR) is 92.1 cm³/mol. The molecular weight excluding hydrogens is 323 g/mol. The number of nitrogens with two attached hydrogens (primary N) is 1. The highest BCUT2D eigenvalue weighted by Crippen LogP contribution is 2.32. The molecule has 3 rings (SSSR count). The van der Waals surface area contributed by atoms with Crippen LogP contribution in [0.15, 0.2) is 48.5 Å². The summed E-state index contributed by atoms with van der Waals surface area (Å²) in [5.74, 6) is 5.74. The summed E-state index contributed by atoms with van der Waals surface area (Å²) in [4.78, 5) is 1.20. The van der Waals surface area contributed by atoms with Gasteiger partial charge in [-0.2, -0.15) is 0 Å². The van der Waals surface area contributed by atoms with E-state index in [-0.39, 0.29) is 6.04 Å². The van der Waals surface area contributed by atoms with Gasteiger partial charge in [0.2, 0.25) is 0 Å². The Balaban J connectivity index is 1.90. The molecule has 3 aromatic rings. The summed E-state index contributed by atoms with van der Waals surface area (Å²) in [5, 5.41) is 2.55. The van der Waals surface area contributed by atoms with Crippen LogP contribution in [0.4, 0.5) is 0 Å². The molecule has 21 heavy (non-hydrogen) atoms. The van der Waals surface area contributed by atoms with Crippen LogP contribution in [0.2, 0.25) is 10.0 Å².